The van der Waals surface area contributed by atoms with Crippen LogP contribution in [-0.4, -0.2) is 17.7 Å². The fourth-order valence-corrected chi connectivity index (χ4v) is 3.30. The molecule has 0 aromatic carbocycles. The monoisotopic (exact) mass is 322 g/mol. The highest BCUT2D eigenvalue weighted by molar-refractivity contribution is 5.68. The summed E-state index contributed by atoms with van der Waals surface area (Å²) >= 11 is 0. The van der Waals surface area contributed by atoms with E-state index < -0.39 is 5.97 Å². The van der Waals surface area contributed by atoms with Crippen LogP contribution >= 0.6 is 0 Å². The Bertz CT molecular complexity index is 413. The van der Waals surface area contributed by atoms with Gasteiger partial charge in [0.25, 0.3) is 0 Å². The second kappa shape index (κ2) is 10.5. The summed E-state index contributed by atoms with van der Waals surface area (Å²) in [6, 6.07) is 0. The van der Waals surface area contributed by atoms with Crippen LogP contribution in [0.25, 0.3) is 0 Å². The van der Waals surface area contributed by atoms with Gasteiger partial charge in [0.2, 0.25) is 0 Å². The highest BCUT2D eigenvalue weighted by Gasteiger charge is 2.34. The average molecular weight is 322 g/mol. The number of rotatable bonds is 12. The van der Waals surface area contributed by atoms with Gasteiger partial charge in [0.1, 0.15) is 0 Å². The number of hydrogen-bond donors (Lipinski definition) is 1. The Hall–Kier alpha value is -1.25. The van der Waals surface area contributed by atoms with Crippen molar-refractivity contribution in [2.45, 2.75) is 72.6 Å². The molecule has 0 heterocycles. The lowest BCUT2D eigenvalue weighted by molar-refractivity contribution is -0.137. The van der Waals surface area contributed by atoms with Crippen molar-refractivity contribution in [2.75, 3.05) is 6.61 Å². The Morgan fingerprint density at radius 3 is 2.30 bits per heavy atom. The van der Waals surface area contributed by atoms with E-state index in [4.69, 9.17) is 9.84 Å². The van der Waals surface area contributed by atoms with E-state index in [9.17, 15) is 4.79 Å². The van der Waals surface area contributed by atoms with E-state index in [0.29, 0.717) is 11.8 Å². The molecule has 1 unspecified atom stereocenters. The molecule has 1 atom stereocenters. The minimum Gasteiger partial charge on any atom is -0.498 e. The van der Waals surface area contributed by atoms with Crippen molar-refractivity contribution in [3.63, 3.8) is 0 Å². The number of carboxylic acids is 1. The molecule has 1 fully saturated rings. The first-order chi connectivity index (χ1) is 11.0. The number of ether oxygens (including phenoxy) is 1. The maximum Gasteiger partial charge on any atom is 0.303 e. The first-order valence-electron chi connectivity index (χ1n) is 9.20. The van der Waals surface area contributed by atoms with Crippen LogP contribution in [0.2, 0.25) is 0 Å². The molecule has 0 radical (unpaired) electrons. The molecule has 0 spiro atoms. The molecular weight excluding hydrogens is 288 g/mol. The summed E-state index contributed by atoms with van der Waals surface area (Å²) in [5.74, 6) is 1.50. The molecule has 0 aromatic heterocycles. The third-order valence-corrected chi connectivity index (χ3v) is 4.66. The lowest BCUT2D eigenvalue weighted by atomic mass is 9.90. The first kappa shape index (κ1) is 19.8. The standard InChI is InChI=1S/C20H34O3/c1-5-8-16(9-6-2)14-23-15(4)12-17(7-3)19(13-20(21)22)18-10-11-18/h7,12,16,18-19H,5-6,8-11,13-14H2,1-4H3,(H,21,22)/b15-12+,17-7+. The second-order valence-corrected chi connectivity index (χ2v) is 6.84. The number of allylic oxidation sites excluding steroid dienone is 4. The van der Waals surface area contributed by atoms with E-state index in [1.54, 1.807) is 0 Å². The smallest absolute Gasteiger partial charge is 0.303 e. The minimum absolute atomic E-state index is 0.137. The van der Waals surface area contributed by atoms with E-state index in [1.165, 1.54) is 25.7 Å². The van der Waals surface area contributed by atoms with Gasteiger partial charge in [-0.05, 0) is 68.9 Å². The maximum atomic E-state index is 11.1. The van der Waals surface area contributed by atoms with Crippen LogP contribution < -0.4 is 0 Å². The van der Waals surface area contributed by atoms with E-state index >= 15 is 0 Å². The van der Waals surface area contributed by atoms with E-state index in [0.717, 1.165) is 30.8 Å². The lowest BCUT2D eigenvalue weighted by Gasteiger charge is -2.19. The molecule has 0 aromatic rings. The Morgan fingerprint density at radius 1 is 1.26 bits per heavy atom. The summed E-state index contributed by atoms with van der Waals surface area (Å²) in [5, 5.41) is 9.15. The minimum atomic E-state index is -0.709. The molecule has 0 amide bonds. The van der Waals surface area contributed by atoms with Gasteiger partial charge in [0.05, 0.1) is 18.8 Å². The fraction of sp³-hybridized carbons (Fsp3) is 0.750. The van der Waals surface area contributed by atoms with Crippen LogP contribution in [0.3, 0.4) is 0 Å². The van der Waals surface area contributed by atoms with Crippen molar-refractivity contribution in [1.82, 2.24) is 0 Å². The molecule has 132 valence electrons. The summed E-state index contributed by atoms with van der Waals surface area (Å²) in [6.45, 7) is 9.19. The largest absolute Gasteiger partial charge is 0.498 e. The third kappa shape index (κ3) is 7.71. The van der Waals surface area contributed by atoms with Gasteiger partial charge >= 0.3 is 5.97 Å². The van der Waals surface area contributed by atoms with Crippen LogP contribution in [-0.2, 0) is 9.53 Å². The van der Waals surface area contributed by atoms with Crippen LogP contribution in [0.15, 0.2) is 23.5 Å². The maximum absolute atomic E-state index is 11.1. The number of carbonyl (C=O) groups is 1. The van der Waals surface area contributed by atoms with Crippen molar-refractivity contribution in [1.29, 1.82) is 0 Å². The third-order valence-electron chi connectivity index (χ3n) is 4.66. The van der Waals surface area contributed by atoms with Crippen molar-refractivity contribution in [3.8, 4) is 0 Å². The number of carboxylic acid groups (broad SMARTS) is 1. The van der Waals surface area contributed by atoms with Crippen molar-refractivity contribution < 1.29 is 14.6 Å². The van der Waals surface area contributed by atoms with Gasteiger partial charge in [-0.15, -0.1) is 0 Å². The molecule has 1 rings (SSSR count). The molecule has 1 N–H and O–H groups in total. The zero-order valence-corrected chi connectivity index (χ0v) is 15.3. The highest BCUT2D eigenvalue weighted by atomic mass is 16.5. The summed E-state index contributed by atoms with van der Waals surface area (Å²) < 4.78 is 5.97. The van der Waals surface area contributed by atoms with Gasteiger partial charge in [0, 0.05) is 0 Å². The Balaban J connectivity index is 2.63. The van der Waals surface area contributed by atoms with Crippen molar-refractivity contribution in [2.24, 2.45) is 17.8 Å². The normalized spacial score (nSPS) is 17.4. The topological polar surface area (TPSA) is 46.5 Å². The van der Waals surface area contributed by atoms with Gasteiger partial charge in [-0.3, -0.25) is 4.79 Å². The number of hydrogen-bond acceptors (Lipinski definition) is 2. The summed E-state index contributed by atoms with van der Waals surface area (Å²) in [5.41, 5.74) is 1.12. The average Bonchev–Trinajstić information content (AvgIpc) is 3.33. The van der Waals surface area contributed by atoms with Crippen LogP contribution in [0.1, 0.15) is 72.6 Å². The molecule has 3 nitrogen and oxygen atoms in total. The second-order valence-electron chi connectivity index (χ2n) is 6.84. The Labute approximate surface area is 141 Å². The van der Waals surface area contributed by atoms with Gasteiger partial charge in [-0.2, -0.15) is 0 Å². The quantitative estimate of drug-likeness (QED) is 0.377. The van der Waals surface area contributed by atoms with E-state index in [1.807, 2.05) is 19.9 Å². The summed E-state index contributed by atoms with van der Waals surface area (Å²) in [6.07, 6.45) is 11.4. The van der Waals surface area contributed by atoms with Crippen LogP contribution in [0.4, 0.5) is 0 Å². The molecule has 0 bridgehead atoms. The fourth-order valence-electron chi connectivity index (χ4n) is 3.30. The predicted octanol–water partition coefficient (Wildman–Crippen LogP) is 5.57. The van der Waals surface area contributed by atoms with E-state index in [-0.39, 0.29) is 12.3 Å². The van der Waals surface area contributed by atoms with Crippen molar-refractivity contribution in [3.05, 3.63) is 23.5 Å². The van der Waals surface area contributed by atoms with Gasteiger partial charge in [-0.25, -0.2) is 0 Å². The van der Waals surface area contributed by atoms with Gasteiger partial charge in [-0.1, -0.05) is 32.8 Å². The zero-order chi connectivity index (χ0) is 17.2. The highest BCUT2D eigenvalue weighted by Crippen LogP contribution is 2.42. The molecule has 1 aliphatic rings. The van der Waals surface area contributed by atoms with Crippen LogP contribution in [0, 0.1) is 17.8 Å². The summed E-state index contributed by atoms with van der Waals surface area (Å²) in [4.78, 5) is 11.1. The van der Waals surface area contributed by atoms with Crippen molar-refractivity contribution >= 4 is 5.97 Å². The molecule has 0 saturated heterocycles. The van der Waals surface area contributed by atoms with Crippen LogP contribution in [0.5, 0.6) is 0 Å². The first-order valence-corrected chi connectivity index (χ1v) is 9.20. The predicted molar refractivity (Wildman–Crippen MR) is 95.2 cm³/mol. The van der Waals surface area contributed by atoms with Gasteiger partial charge in [0.15, 0.2) is 0 Å². The Kier molecular flexibility index (Phi) is 9.05. The SMILES string of the molecule is C/C=C(\C=C(/C)OCC(CCC)CCC)C(CC(=O)O)C1CC1. The molecule has 23 heavy (non-hydrogen) atoms. The molecule has 1 aliphatic carbocycles. The lowest BCUT2D eigenvalue weighted by Crippen LogP contribution is -2.13. The van der Waals surface area contributed by atoms with E-state index in [2.05, 4.69) is 19.9 Å². The summed E-state index contributed by atoms with van der Waals surface area (Å²) in [7, 11) is 0. The van der Waals surface area contributed by atoms with Gasteiger partial charge < -0.3 is 9.84 Å². The molecular formula is C20H34O3. The Morgan fingerprint density at radius 2 is 1.87 bits per heavy atom. The zero-order valence-electron chi connectivity index (χ0n) is 15.3. The number of aliphatic carboxylic acids is 1. The molecule has 1 saturated carbocycles. The molecule has 0 aliphatic heterocycles. The molecule has 3 heteroatoms.